The van der Waals surface area contributed by atoms with E-state index in [1.165, 1.54) is 25.2 Å². The van der Waals surface area contributed by atoms with Gasteiger partial charge in [0.05, 0.1) is 16.4 Å². The van der Waals surface area contributed by atoms with Gasteiger partial charge in [-0.2, -0.15) is 4.31 Å². The highest BCUT2D eigenvalue weighted by atomic mass is 35.5. The van der Waals surface area contributed by atoms with E-state index in [9.17, 15) is 23.3 Å². The number of halogens is 1. The zero-order chi connectivity index (χ0) is 18.4. The quantitative estimate of drug-likeness (QED) is 0.509. The molecule has 1 aromatic carbocycles. The predicted molar refractivity (Wildman–Crippen MR) is 98.8 cm³/mol. The lowest BCUT2D eigenvalue weighted by molar-refractivity contribution is -0.385. The number of hydrogen-bond acceptors (Lipinski definition) is 6. The predicted octanol–water partition coefficient (Wildman–Crippen LogP) is 0.753. The van der Waals surface area contributed by atoms with E-state index in [0.29, 0.717) is 12.5 Å². The van der Waals surface area contributed by atoms with Crippen LogP contribution in [0.15, 0.2) is 29.2 Å². The Bertz CT molecular complexity index is 737. The number of non-ortho nitro benzene ring substituents is 1. The van der Waals surface area contributed by atoms with Crippen molar-refractivity contribution < 1.29 is 18.1 Å². The molecule has 9 nitrogen and oxygen atoms in total. The summed E-state index contributed by atoms with van der Waals surface area (Å²) in [5, 5.41) is 16.8. The Morgan fingerprint density at radius 3 is 2.81 bits per heavy atom. The van der Waals surface area contributed by atoms with E-state index in [2.05, 4.69) is 10.6 Å². The molecule has 26 heavy (non-hydrogen) atoms. The van der Waals surface area contributed by atoms with Crippen LogP contribution in [0.3, 0.4) is 0 Å². The molecule has 0 aromatic heterocycles. The second-order valence-electron chi connectivity index (χ2n) is 6.03. The van der Waals surface area contributed by atoms with Crippen LogP contribution in [0, 0.1) is 16.0 Å². The van der Waals surface area contributed by atoms with E-state index in [1.54, 1.807) is 0 Å². The monoisotopic (exact) mass is 406 g/mol. The summed E-state index contributed by atoms with van der Waals surface area (Å²) < 4.78 is 25.8. The summed E-state index contributed by atoms with van der Waals surface area (Å²) in [4.78, 5) is 21.9. The molecule has 0 radical (unpaired) electrons. The number of sulfonamides is 1. The van der Waals surface area contributed by atoms with Crippen LogP contribution < -0.4 is 10.6 Å². The van der Waals surface area contributed by atoms with Gasteiger partial charge in [-0.3, -0.25) is 14.9 Å². The van der Waals surface area contributed by atoms with Crippen molar-refractivity contribution in [2.24, 2.45) is 5.92 Å². The van der Waals surface area contributed by atoms with Crippen LogP contribution in [0.2, 0.25) is 0 Å². The van der Waals surface area contributed by atoms with Crippen LogP contribution in [0.5, 0.6) is 0 Å². The van der Waals surface area contributed by atoms with E-state index < -0.39 is 20.9 Å². The summed E-state index contributed by atoms with van der Waals surface area (Å²) >= 11 is 0. The number of rotatable bonds is 7. The van der Waals surface area contributed by atoms with Gasteiger partial charge in [0.25, 0.3) is 5.69 Å². The van der Waals surface area contributed by atoms with Gasteiger partial charge in [0, 0.05) is 25.7 Å². The maximum Gasteiger partial charge on any atom is 0.270 e. The molecule has 1 aromatic rings. The zero-order valence-corrected chi connectivity index (χ0v) is 16.0. The molecular formula is C15H23ClN4O5S. The highest BCUT2D eigenvalue weighted by molar-refractivity contribution is 7.89. The smallest absolute Gasteiger partial charge is 0.270 e. The number of nitro benzene ring substituents is 1. The maximum atomic E-state index is 12.5. The lowest BCUT2D eigenvalue weighted by Crippen LogP contribution is -2.42. The maximum absolute atomic E-state index is 12.5. The molecule has 1 heterocycles. The lowest BCUT2D eigenvalue weighted by atomic mass is 10.00. The van der Waals surface area contributed by atoms with Crippen molar-refractivity contribution in [2.75, 3.05) is 33.2 Å². The second-order valence-corrected chi connectivity index (χ2v) is 8.08. The third-order valence-corrected chi connectivity index (χ3v) is 5.89. The number of piperidine rings is 1. The lowest BCUT2D eigenvalue weighted by Gasteiger charge is -2.23. The number of likely N-dealkylation sites (N-methyl/N-ethyl adjacent to an activating group) is 1. The third kappa shape index (κ3) is 5.90. The van der Waals surface area contributed by atoms with Gasteiger partial charge >= 0.3 is 0 Å². The van der Waals surface area contributed by atoms with Crippen molar-refractivity contribution in [1.82, 2.24) is 14.9 Å². The fourth-order valence-electron chi connectivity index (χ4n) is 2.64. The van der Waals surface area contributed by atoms with Crippen LogP contribution >= 0.6 is 12.4 Å². The van der Waals surface area contributed by atoms with E-state index in [4.69, 9.17) is 0 Å². The van der Waals surface area contributed by atoms with Gasteiger partial charge in [0.1, 0.15) is 0 Å². The van der Waals surface area contributed by atoms with Gasteiger partial charge in [-0.15, -0.1) is 12.4 Å². The molecule has 2 rings (SSSR count). The van der Waals surface area contributed by atoms with Crippen molar-refractivity contribution >= 4 is 34.0 Å². The van der Waals surface area contributed by atoms with Crippen LogP contribution in [0.4, 0.5) is 5.69 Å². The molecule has 0 saturated carbocycles. The summed E-state index contributed by atoms with van der Waals surface area (Å²) in [6, 6.07) is 4.76. The number of carbonyl (C=O) groups excluding carboxylic acids is 1. The molecule has 1 saturated heterocycles. The Morgan fingerprint density at radius 1 is 1.46 bits per heavy atom. The highest BCUT2D eigenvalue weighted by Gasteiger charge is 2.25. The Labute approximate surface area is 158 Å². The average Bonchev–Trinajstić information content (AvgIpc) is 2.61. The normalized spacial score (nSPS) is 17.4. The number of nitro groups is 1. The molecule has 1 aliphatic rings. The Kier molecular flexibility index (Phi) is 8.41. The first-order valence-electron chi connectivity index (χ1n) is 7.99. The largest absolute Gasteiger partial charge is 0.355 e. The molecule has 1 unspecified atom stereocenters. The summed E-state index contributed by atoms with van der Waals surface area (Å²) in [6.07, 6.45) is 2.08. The number of carbonyl (C=O) groups is 1. The summed E-state index contributed by atoms with van der Waals surface area (Å²) in [7, 11) is -2.70. The van der Waals surface area contributed by atoms with Crippen molar-refractivity contribution in [3.63, 3.8) is 0 Å². The number of hydrogen-bond donors (Lipinski definition) is 2. The van der Waals surface area contributed by atoms with Crippen LogP contribution in [0.1, 0.15) is 12.8 Å². The zero-order valence-electron chi connectivity index (χ0n) is 14.4. The summed E-state index contributed by atoms with van der Waals surface area (Å²) in [6.45, 7) is 1.97. The van der Waals surface area contributed by atoms with E-state index in [0.717, 1.165) is 36.3 Å². The topological polar surface area (TPSA) is 122 Å². The van der Waals surface area contributed by atoms with Crippen LogP contribution in [-0.4, -0.2) is 56.8 Å². The van der Waals surface area contributed by atoms with Crippen LogP contribution in [0.25, 0.3) is 0 Å². The van der Waals surface area contributed by atoms with Gasteiger partial charge in [-0.1, -0.05) is 6.07 Å². The minimum absolute atomic E-state index is 0. The Hall–Kier alpha value is -1.75. The Balaban J connectivity index is 0.00000338. The van der Waals surface area contributed by atoms with Gasteiger partial charge in [-0.25, -0.2) is 8.42 Å². The minimum atomic E-state index is -3.98. The molecule has 0 spiro atoms. The molecule has 1 aliphatic heterocycles. The third-order valence-electron chi connectivity index (χ3n) is 4.09. The molecule has 0 aliphatic carbocycles. The molecule has 2 N–H and O–H groups in total. The molecular weight excluding hydrogens is 384 g/mol. The summed E-state index contributed by atoms with van der Waals surface area (Å²) in [5.74, 6) is -0.0570. The minimum Gasteiger partial charge on any atom is -0.355 e. The van der Waals surface area contributed by atoms with E-state index in [-0.39, 0.29) is 29.5 Å². The number of nitrogens with one attached hydrogen (secondary N) is 2. The second kappa shape index (κ2) is 9.81. The van der Waals surface area contributed by atoms with Crippen molar-refractivity contribution in [1.29, 1.82) is 0 Å². The van der Waals surface area contributed by atoms with Gasteiger partial charge in [0.15, 0.2) is 0 Å². The van der Waals surface area contributed by atoms with E-state index >= 15 is 0 Å². The van der Waals surface area contributed by atoms with Crippen LogP contribution in [-0.2, 0) is 14.8 Å². The van der Waals surface area contributed by atoms with Gasteiger partial charge < -0.3 is 10.6 Å². The number of amides is 1. The van der Waals surface area contributed by atoms with Gasteiger partial charge in [0.2, 0.25) is 15.9 Å². The SMILES string of the molecule is CN(CC(=O)NCC1CCCNC1)S(=O)(=O)c1cccc([N+](=O)[O-])c1.Cl. The molecule has 0 bridgehead atoms. The van der Waals surface area contributed by atoms with Crippen molar-refractivity contribution in [2.45, 2.75) is 17.7 Å². The molecule has 146 valence electrons. The average molecular weight is 407 g/mol. The Morgan fingerprint density at radius 2 is 2.19 bits per heavy atom. The first-order chi connectivity index (χ1) is 11.8. The van der Waals surface area contributed by atoms with Crippen molar-refractivity contribution in [3.8, 4) is 0 Å². The highest BCUT2D eigenvalue weighted by Crippen LogP contribution is 2.20. The fourth-order valence-corrected chi connectivity index (χ4v) is 3.80. The number of nitrogens with zero attached hydrogens (tertiary/aromatic N) is 2. The summed E-state index contributed by atoms with van der Waals surface area (Å²) in [5.41, 5.74) is -0.316. The molecule has 1 amide bonds. The van der Waals surface area contributed by atoms with Crippen molar-refractivity contribution in [3.05, 3.63) is 34.4 Å². The molecule has 1 atom stereocenters. The first-order valence-corrected chi connectivity index (χ1v) is 9.43. The molecule has 1 fully saturated rings. The standard InChI is InChI=1S/C15H22N4O5S.ClH/c1-18(11-15(20)17-10-12-4-3-7-16-9-12)25(23,24)14-6-2-5-13(8-14)19(21)22;/h2,5-6,8,12,16H,3-4,7,9-11H2,1H3,(H,17,20);1H. The number of benzene rings is 1. The van der Waals surface area contributed by atoms with E-state index in [1.807, 2.05) is 0 Å². The fraction of sp³-hybridized carbons (Fsp3) is 0.533. The molecule has 11 heteroatoms. The first kappa shape index (κ1) is 22.3. The van der Waals surface area contributed by atoms with Gasteiger partial charge in [-0.05, 0) is 37.9 Å².